The Bertz CT molecular complexity index is 750. The van der Waals surface area contributed by atoms with E-state index in [9.17, 15) is 9.59 Å². The Kier molecular flexibility index (Phi) is 3.88. The first-order valence-corrected chi connectivity index (χ1v) is 9.12. The highest BCUT2D eigenvalue weighted by Gasteiger charge is 2.42. The third-order valence-corrected chi connectivity index (χ3v) is 5.58. The lowest BCUT2D eigenvalue weighted by atomic mass is 10.1. The van der Waals surface area contributed by atoms with Gasteiger partial charge in [-0.1, -0.05) is 6.07 Å². The predicted molar refractivity (Wildman–Crippen MR) is 91.2 cm³/mol. The SMILES string of the molecule is CN(Cc1cc(-c2cccs2)n[nH]1)C(=O)[C@H]1CC(=O)N(C2CC2)C1. The van der Waals surface area contributed by atoms with Gasteiger partial charge in [0.1, 0.15) is 5.69 Å². The van der Waals surface area contributed by atoms with Gasteiger partial charge in [-0.05, 0) is 30.4 Å². The fraction of sp³-hybridized carbons (Fsp3) is 0.471. The molecule has 0 bridgehead atoms. The molecular formula is C17H20N4O2S. The number of hydrogen-bond donors (Lipinski definition) is 1. The Morgan fingerprint density at radius 3 is 3.04 bits per heavy atom. The van der Waals surface area contributed by atoms with Crippen LogP contribution in [0.3, 0.4) is 0 Å². The van der Waals surface area contributed by atoms with Crippen molar-refractivity contribution in [1.82, 2.24) is 20.0 Å². The molecule has 24 heavy (non-hydrogen) atoms. The molecule has 7 heteroatoms. The van der Waals surface area contributed by atoms with E-state index >= 15 is 0 Å². The van der Waals surface area contributed by atoms with E-state index in [-0.39, 0.29) is 17.7 Å². The molecule has 1 aliphatic carbocycles. The van der Waals surface area contributed by atoms with Crippen LogP contribution in [0.4, 0.5) is 0 Å². The minimum absolute atomic E-state index is 0.0405. The van der Waals surface area contributed by atoms with E-state index in [0.29, 0.717) is 25.6 Å². The van der Waals surface area contributed by atoms with Crippen LogP contribution in [0.25, 0.3) is 10.6 Å². The van der Waals surface area contributed by atoms with E-state index in [1.807, 2.05) is 28.5 Å². The van der Waals surface area contributed by atoms with Crippen molar-refractivity contribution in [3.63, 3.8) is 0 Å². The lowest BCUT2D eigenvalue weighted by Crippen LogP contribution is -2.34. The summed E-state index contributed by atoms with van der Waals surface area (Å²) >= 11 is 1.64. The highest BCUT2D eigenvalue weighted by molar-refractivity contribution is 7.13. The van der Waals surface area contributed by atoms with Crippen LogP contribution in [0.15, 0.2) is 23.6 Å². The average molecular weight is 344 g/mol. The molecule has 1 saturated carbocycles. The summed E-state index contributed by atoms with van der Waals surface area (Å²) < 4.78 is 0. The van der Waals surface area contributed by atoms with Crippen molar-refractivity contribution in [3.8, 4) is 10.6 Å². The van der Waals surface area contributed by atoms with Crippen molar-refractivity contribution < 1.29 is 9.59 Å². The van der Waals surface area contributed by atoms with E-state index in [0.717, 1.165) is 29.1 Å². The number of likely N-dealkylation sites (tertiary alicyclic amines) is 1. The summed E-state index contributed by atoms with van der Waals surface area (Å²) in [5.74, 6) is -0.0349. The molecule has 0 spiro atoms. The first-order chi connectivity index (χ1) is 11.6. The zero-order valence-electron chi connectivity index (χ0n) is 13.6. The molecule has 1 N–H and O–H groups in total. The highest BCUT2D eigenvalue weighted by atomic mass is 32.1. The van der Waals surface area contributed by atoms with Gasteiger partial charge in [-0.15, -0.1) is 11.3 Å². The third kappa shape index (κ3) is 2.96. The molecule has 1 saturated heterocycles. The molecule has 126 valence electrons. The number of amides is 2. The number of rotatable bonds is 5. The van der Waals surface area contributed by atoms with Gasteiger partial charge in [0.05, 0.1) is 23.0 Å². The molecule has 2 aromatic heterocycles. The maximum Gasteiger partial charge on any atom is 0.228 e. The molecule has 0 unspecified atom stereocenters. The first-order valence-electron chi connectivity index (χ1n) is 8.24. The molecule has 4 rings (SSSR count). The summed E-state index contributed by atoms with van der Waals surface area (Å²) in [7, 11) is 1.79. The molecule has 0 aromatic carbocycles. The smallest absolute Gasteiger partial charge is 0.228 e. The summed E-state index contributed by atoms with van der Waals surface area (Å²) in [5.41, 5.74) is 1.80. The van der Waals surface area contributed by atoms with Gasteiger partial charge in [0, 0.05) is 26.1 Å². The maximum absolute atomic E-state index is 12.6. The number of thiophene rings is 1. The zero-order valence-corrected chi connectivity index (χ0v) is 14.4. The monoisotopic (exact) mass is 344 g/mol. The Hall–Kier alpha value is -2.15. The van der Waals surface area contributed by atoms with Crippen molar-refractivity contribution in [3.05, 3.63) is 29.3 Å². The lowest BCUT2D eigenvalue weighted by molar-refractivity contribution is -0.135. The Morgan fingerprint density at radius 1 is 1.50 bits per heavy atom. The molecule has 1 atom stereocenters. The van der Waals surface area contributed by atoms with E-state index in [1.54, 1.807) is 23.3 Å². The summed E-state index contributed by atoms with van der Waals surface area (Å²) in [6.07, 6.45) is 2.52. The summed E-state index contributed by atoms with van der Waals surface area (Å²) in [6, 6.07) is 6.39. The molecule has 6 nitrogen and oxygen atoms in total. The van der Waals surface area contributed by atoms with Crippen molar-refractivity contribution >= 4 is 23.2 Å². The Balaban J connectivity index is 1.38. The van der Waals surface area contributed by atoms with Crippen LogP contribution in [0.5, 0.6) is 0 Å². The molecule has 2 amide bonds. The minimum atomic E-state index is -0.206. The van der Waals surface area contributed by atoms with Gasteiger partial charge in [0.15, 0.2) is 0 Å². The van der Waals surface area contributed by atoms with Gasteiger partial charge in [0.25, 0.3) is 0 Å². The largest absolute Gasteiger partial charge is 0.340 e. The normalized spacial score (nSPS) is 20.6. The number of aromatic nitrogens is 2. The molecule has 0 radical (unpaired) electrons. The van der Waals surface area contributed by atoms with Gasteiger partial charge in [-0.25, -0.2) is 0 Å². The second-order valence-electron chi connectivity index (χ2n) is 6.63. The summed E-state index contributed by atoms with van der Waals surface area (Å²) in [5, 5.41) is 9.33. The zero-order chi connectivity index (χ0) is 16.7. The van der Waals surface area contributed by atoms with Crippen LogP contribution in [0.2, 0.25) is 0 Å². The van der Waals surface area contributed by atoms with Crippen LogP contribution < -0.4 is 0 Å². The fourth-order valence-electron chi connectivity index (χ4n) is 3.27. The van der Waals surface area contributed by atoms with Crippen molar-refractivity contribution in [1.29, 1.82) is 0 Å². The molecule has 2 aliphatic rings. The topological polar surface area (TPSA) is 69.3 Å². The lowest BCUT2D eigenvalue weighted by Gasteiger charge is -2.20. The maximum atomic E-state index is 12.6. The van der Waals surface area contributed by atoms with Gasteiger partial charge in [-0.2, -0.15) is 5.10 Å². The Labute approximate surface area is 144 Å². The van der Waals surface area contributed by atoms with E-state index < -0.39 is 0 Å². The molecule has 1 aliphatic heterocycles. The van der Waals surface area contributed by atoms with Crippen LogP contribution >= 0.6 is 11.3 Å². The molecule has 2 aromatic rings. The number of carbonyl (C=O) groups is 2. The minimum Gasteiger partial charge on any atom is -0.340 e. The van der Waals surface area contributed by atoms with Gasteiger partial charge >= 0.3 is 0 Å². The number of carbonyl (C=O) groups excluding carboxylic acids is 2. The quantitative estimate of drug-likeness (QED) is 0.903. The Morgan fingerprint density at radius 2 is 2.33 bits per heavy atom. The molecule has 2 fully saturated rings. The summed E-state index contributed by atoms with van der Waals surface area (Å²) in [4.78, 5) is 29.3. The average Bonchev–Trinajstić information content (AvgIpc) is 2.98. The van der Waals surface area contributed by atoms with Crippen LogP contribution in [-0.4, -0.2) is 51.4 Å². The standard InChI is InChI=1S/C17H20N4O2S/c1-20(10-12-8-14(19-18-12)15-3-2-6-24-15)17(23)11-7-16(22)21(9-11)13-4-5-13/h2-3,6,8,11,13H,4-5,7,9-10H2,1H3,(H,18,19)/t11-/m0/s1. The number of nitrogens with one attached hydrogen (secondary N) is 1. The highest BCUT2D eigenvalue weighted by Crippen LogP contribution is 2.33. The van der Waals surface area contributed by atoms with Crippen molar-refractivity contribution in [2.75, 3.05) is 13.6 Å². The van der Waals surface area contributed by atoms with E-state index in [4.69, 9.17) is 0 Å². The number of nitrogens with zero attached hydrogens (tertiary/aromatic N) is 3. The van der Waals surface area contributed by atoms with E-state index in [1.165, 1.54) is 0 Å². The number of hydrogen-bond acceptors (Lipinski definition) is 4. The predicted octanol–water partition coefficient (Wildman–Crippen LogP) is 2.11. The van der Waals surface area contributed by atoms with E-state index in [2.05, 4.69) is 10.2 Å². The fourth-order valence-corrected chi connectivity index (χ4v) is 3.96. The van der Waals surface area contributed by atoms with Crippen LogP contribution in [0.1, 0.15) is 25.0 Å². The summed E-state index contributed by atoms with van der Waals surface area (Å²) in [6.45, 7) is 1.06. The molecule has 3 heterocycles. The van der Waals surface area contributed by atoms with Crippen molar-refractivity contribution in [2.24, 2.45) is 5.92 Å². The number of H-pyrrole nitrogens is 1. The first kappa shape index (κ1) is 15.4. The van der Waals surface area contributed by atoms with Gasteiger partial charge in [-0.3, -0.25) is 14.7 Å². The van der Waals surface area contributed by atoms with Crippen LogP contribution in [-0.2, 0) is 16.1 Å². The van der Waals surface area contributed by atoms with Crippen LogP contribution in [0, 0.1) is 5.92 Å². The van der Waals surface area contributed by atoms with Gasteiger partial charge in [0.2, 0.25) is 11.8 Å². The van der Waals surface area contributed by atoms with Crippen molar-refractivity contribution in [2.45, 2.75) is 31.8 Å². The third-order valence-electron chi connectivity index (χ3n) is 4.68. The second-order valence-corrected chi connectivity index (χ2v) is 7.58. The van der Waals surface area contributed by atoms with Gasteiger partial charge < -0.3 is 9.80 Å². The molecular weight excluding hydrogens is 324 g/mol. The number of aromatic amines is 1. The second kappa shape index (κ2) is 6.05.